The molecule has 1 aromatic carbocycles. The van der Waals surface area contributed by atoms with Crippen molar-refractivity contribution in [1.82, 2.24) is 0 Å². The van der Waals surface area contributed by atoms with E-state index in [4.69, 9.17) is 5.73 Å². The molecule has 0 saturated carbocycles. The lowest BCUT2D eigenvalue weighted by molar-refractivity contribution is -0.144. The molecule has 2 unspecified atom stereocenters. The van der Waals surface area contributed by atoms with Gasteiger partial charge >= 0.3 is 5.97 Å². The molecule has 106 valence electrons. The number of hydrogen-bond acceptors (Lipinski definition) is 3. The van der Waals surface area contributed by atoms with Gasteiger partial charge in [-0.2, -0.15) is 0 Å². The van der Waals surface area contributed by atoms with Gasteiger partial charge in [0.25, 0.3) is 0 Å². The number of aliphatic carboxylic acids is 1. The number of unbranched alkanes of at least 4 members (excludes halogenated alkanes) is 1. The number of carboxylic acid groups (broad SMARTS) is 1. The average Bonchev–Trinajstić information content (AvgIpc) is 2.38. The highest BCUT2D eigenvalue weighted by atomic mass is 16.4. The van der Waals surface area contributed by atoms with Crippen molar-refractivity contribution in [3.63, 3.8) is 0 Å². The molecule has 4 N–H and O–H groups in total. The Bertz CT molecular complexity index is 390. The highest BCUT2D eigenvalue weighted by Gasteiger charge is 2.30. The van der Waals surface area contributed by atoms with Gasteiger partial charge in [-0.3, -0.25) is 4.79 Å². The van der Waals surface area contributed by atoms with E-state index >= 15 is 0 Å². The summed E-state index contributed by atoms with van der Waals surface area (Å²) in [4.78, 5) is 11.3. The Hall–Kier alpha value is -1.39. The van der Waals surface area contributed by atoms with Crippen molar-refractivity contribution < 1.29 is 15.0 Å². The second-order valence-electron chi connectivity index (χ2n) is 5.16. The number of rotatable bonds is 8. The summed E-state index contributed by atoms with van der Waals surface area (Å²) in [5.74, 6) is -1.39. The van der Waals surface area contributed by atoms with Gasteiger partial charge in [0.15, 0.2) is 0 Å². The van der Waals surface area contributed by atoms with Crippen LogP contribution in [0.15, 0.2) is 30.3 Å². The summed E-state index contributed by atoms with van der Waals surface area (Å²) < 4.78 is 0. The van der Waals surface area contributed by atoms with Gasteiger partial charge in [0.05, 0.1) is 11.5 Å². The number of benzene rings is 1. The summed E-state index contributed by atoms with van der Waals surface area (Å²) in [7, 11) is 0. The van der Waals surface area contributed by atoms with Crippen LogP contribution >= 0.6 is 0 Å². The van der Waals surface area contributed by atoms with Gasteiger partial charge in [0, 0.05) is 0 Å². The van der Waals surface area contributed by atoms with E-state index in [0.717, 1.165) is 18.4 Å². The zero-order chi connectivity index (χ0) is 14.3. The summed E-state index contributed by atoms with van der Waals surface area (Å²) >= 11 is 0. The Morgan fingerprint density at radius 2 is 1.95 bits per heavy atom. The lowest BCUT2D eigenvalue weighted by Gasteiger charge is -2.27. The predicted molar refractivity (Wildman–Crippen MR) is 74.7 cm³/mol. The summed E-state index contributed by atoms with van der Waals surface area (Å²) in [5, 5.41) is 19.7. The monoisotopic (exact) mass is 265 g/mol. The smallest absolute Gasteiger partial charge is 0.306 e. The minimum Gasteiger partial charge on any atom is -0.481 e. The van der Waals surface area contributed by atoms with E-state index in [2.05, 4.69) is 0 Å². The molecule has 0 heterocycles. The van der Waals surface area contributed by atoms with Crippen LogP contribution in [0.4, 0.5) is 0 Å². The van der Waals surface area contributed by atoms with Crippen LogP contribution in [0, 0.1) is 5.92 Å². The maximum atomic E-state index is 11.3. The zero-order valence-corrected chi connectivity index (χ0v) is 11.4. The first-order chi connectivity index (χ1) is 8.97. The predicted octanol–water partition coefficient (Wildman–Crippen LogP) is 2.11. The minimum absolute atomic E-state index is 0.219. The quantitative estimate of drug-likeness (QED) is 0.629. The number of aliphatic hydroxyl groups is 1. The van der Waals surface area contributed by atoms with Crippen molar-refractivity contribution in [2.45, 2.75) is 38.2 Å². The average molecular weight is 265 g/mol. The molecule has 4 nitrogen and oxygen atoms in total. The van der Waals surface area contributed by atoms with E-state index in [-0.39, 0.29) is 6.42 Å². The van der Waals surface area contributed by atoms with Crippen LogP contribution in [0.2, 0.25) is 0 Å². The van der Waals surface area contributed by atoms with Gasteiger partial charge < -0.3 is 15.9 Å². The van der Waals surface area contributed by atoms with Crippen LogP contribution in [-0.2, 0) is 10.4 Å². The van der Waals surface area contributed by atoms with Crippen LogP contribution < -0.4 is 5.73 Å². The third-order valence-electron chi connectivity index (χ3n) is 3.40. The molecule has 0 aliphatic heterocycles. The van der Waals surface area contributed by atoms with Crippen molar-refractivity contribution in [2.24, 2.45) is 11.7 Å². The van der Waals surface area contributed by atoms with Gasteiger partial charge in [-0.25, -0.2) is 0 Å². The maximum absolute atomic E-state index is 11.3. The number of carboxylic acids is 1. The van der Waals surface area contributed by atoms with E-state index in [0.29, 0.717) is 13.0 Å². The van der Waals surface area contributed by atoms with Crippen molar-refractivity contribution >= 4 is 5.97 Å². The molecule has 4 heteroatoms. The molecule has 0 radical (unpaired) electrons. The second-order valence-corrected chi connectivity index (χ2v) is 5.16. The molecule has 0 amide bonds. The minimum atomic E-state index is -1.12. The molecule has 2 atom stereocenters. The standard InChI is InChI=1S/C15H23NO3/c1-15(19,13-8-3-2-4-9-13)11-12(14(17)18)7-5-6-10-16/h2-4,8-9,12,19H,5-7,10-11,16H2,1H3,(H,17,18). The molecule has 1 aromatic rings. The van der Waals surface area contributed by atoms with Crippen molar-refractivity contribution in [3.05, 3.63) is 35.9 Å². The van der Waals surface area contributed by atoms with Gasteiger partial charge in [0.2, 0.25) is 0 Å². The SMILES string of the molecule is CC(O)(CC(CCCCN)C(=O)O)c1ccccc1. The highest BCUT2D eigenvalue weighted by molar-refractivity contribution is 5.70. The Morgan fingerprint density at radius 1 is 1.32 bits per heavy atom. The van der Waals surface area contributed by atoms with Crippen molar-refractivity contribution in [3.8, 4) is 0 Å². The highest BCUT2D eigenvalue weighted by Crippen LogP contribution is 2.30. The molecule has 0 fully saturated rings. The lowest BCUT2D eigenvalue weighted by Crippen LogP contribution is -2.28. The Kier molecular flexibility index (Phi) is 5.99. The fourth-order valence-corrected chi connectivity index (χ4v) is 2.24. The Balaban J connectivity index is 2.69. The first-order valence-corrected chi connectivity index (χ1v) is 6.68. The van der Waals surface area contributed by atoms with Crippen LogP contribution in [0.5, 0.6) is 0 Å². The fraction of sp³-hybridized carbons (Fsp3) is 0.533. The van der Waals surface area contributed by atoms with Crippen LogP contribution in [0.25, 0.3) is 0 Å². The fourth-order valence-electron chi connectivity index (χ4n) is 2.24. The van der Waals surface area contributed by atoms with E-state index in [1.165, 1.54) is 0 Å². The molecule has 1 rings (SSSR count). The molecule has 0 bridgehead atoms. The largest absolute Gasteiger partial charge is 0.481 e. The third kappa shape index (κ3) is 5.01. The Labute approximate surface area is 114 Å². The molecular weight excluding hydrogens is 242 g/mol. The number of hydrogen-bond donors (Lipinski definition) is 3. The molecular formula is C15H23NO3. The summed E-state index contributed by atoms with van der Waals surface area (Å²) in [6.07, 6.45) is 2.36. The van der Waals surface area contributed by atoms with E-state index in [1.807, 2.05) is 30.3 Å². The van der Waals surface area contributed by atoms with Crippen LogP contribution in [-0.4, -0.2) is 22.7 Å². The number of nitrogens with two attached hydrogens (primary N) is 1. The van der Waals surface area contributed by atoms with Crippen LogP contribution in [0.1, 0.15) is 38.2 Å². The molecule has 19 heavy (non-hydrogen) atoms. The van der Waals surface area contributed by atoms with E-state index in [9.17, 15) is 15.0 Å². The lowest BCUT2D eigenvalue weighted by atomic mass is 9.84. The Morgan fingerprint density at radius 3 is 2.47 bits per heavy atom. The van der Waals surface area contributed by atoms with Crippen molar-refractivity contribution in [2.75, 3.05) is 6.54 Å². The summed E-state index contributed by atoms with van der Waals surface area (Å²) in [5.41, 5.74) is 5.04. The van der Waals surface area contributed by atoms with Gasteiger partial charge in [-0.05, 0) is 38.3 Å². The van der Waals surface area contributed by atoms with Gasteiger partial charge in [-0.1, -0.05) is 36.8 Å². The van der Waals surface area contributed by atoms with Crippen LogP contribution in [0.3, 0.4) is 0 Å². The molecule has 0 spiro atoms. The number of carbonyl (C=O) groups is 1. The first-order valence-electron chi connectivity index (χ1n) is 6.68. The van der Waals surface area contributed by atoms with E-state index < -0.39 is 17.5 Å². The maximum Gasteiger partial charge on any atom is 0.306 e. The van der Waals surface area contributed by atoms with Gasteiger partial charge in [0.1, 0.15) is 0 Å². The first kappa shape index (κ1) is 15.7. The second kappa shape index (κ2) is 7.26. The summed E-state index contributed by atoms with van der Waals surface area (Å²) in [6, 6.07) is 9.19. The zero-order valence-electron chi connectivity index (χ0n) is 11.4. The molecule has 0 aromatic heterocycles. The van der Waals surface area contributed by atoms with Gasteiger partial charge in [-0.15, -0.1) is 0 Å². The topological polar surface area (TPSA) is 83.5 Å². The normalized spacial score (nSPS) is 15.7. The molecule has 0 aliphatic carbocycles. The molecule has 0 aliphatic rings. The van der Waals surface area contributed by atoms with E-state index in [1.54, 1.807) is 6.92 Å². The summed E-state index contributed by atoms with van der Waals surface area (Å²) in [6.45, 7) is 2.24. The third-order valence-corrected chi connectivity index (χ3v) is 3.40. The van der Waals surface area contributed by atoms with Crippen molar-refractivity contribution in [1.29, 1.82) is 0 Å². The molecule has 0 saturated heterocycles.